The van der Waals surface area contributed by atoms with Crippen LogP contribution in [0.5, 0.6) is 0 Å². The first-order valence-electron chi connectivity index (χ1n) is 9.49. The molecule has 0 unspecified atom stereocenters. The second-order valence-corrected chi connectivity index (χ2v) is 7.72. The van der Waals surface area contributed by atoms with Crippen LogP contribution in [-0.4, -0.2) is 35.9 Å². The highest BCUT2D eigenvalue weighted by molar-refractivity contribution is 5.25. The lowest BCUT2D eigenvalue weighted by Gasteiger charge is -2.37. The van der Waals surface area contributed by atoms with Crippen molar-refractivity contribution in [3.8, 4) is 0 Å². The fraction of sp³-hybridized carbons (Fsp3) is 0.545. The van der Waals surface area contributed by atoms with Crippen molar-refractivity contribution in [2.75, 3.05) is 14.1 Å². The molecular weight excluding hydrogens is 310 g/mol. The molecule has 0 aromatic heterocycles. The van der Waals surface area contributed by atoms with E-state index in [0.717, 1.165) is 12.8 Å². The number of hydrogen-bond acceptors (Lipinski definition) is 3. The summed E-state index contributed by atoms with van der Waals surface area (Å²) in [5, 5.41) is 10.7. The summed E-state index contributed by atoms with van der Waals surface area (Å²) in [6.45, 7) is 0.697. The van der Waals surface area contributed by atoms with Gasteiger partial charge in [-0.15, -0.1) is 0 Å². The molecule has 3 rings (SSSR count). The van der Waals surface area contributed by atoms with E-state index in [0.29, 0.717) is 25.0 Å². The molecule has 2 aliphatic carbocycles. The van der Waals surface area contributed by atoms with Gasteiger partial charge in [0.05, 0.1) is 12.7 Å². The number of ether oxygens (including phenoxy) is 1. The standard InChI is InChI=1S/C22H31NO2/c1-23(2)22(24)14-8-11-19(16-22)15-20-12-6-7-13-21(20)25-17-18-9-4-3-5-10-18/h3-5,8-11,14,20-21,24H,6-7,12-13,15-17H2,1-2H3/t20-,21-,22-/m1/s1. The van der Waals surface area contributed by atoms with E-state index in [1.807, 2.05) is 37.2 Å². The SMILES string of the molecule is CN(C)[C@@]1(O)C=CC=C(C[C@H]2CCCC[C@H]2OCc2ccccc2)C1. The average molecular weight is 341 g/mol. The highest BCUT2D eigenvalue weighted by Crippen LogP contribution is 2.36. The Morgan fingerprint density at radius 2 is 1.92 bits per heavy atom. The summed E-state index contributed by atoms with van der Waals surface area (Å²) in [6, 6.07) is 10.4. The summed E-state index contributed by atoms with van der Waals surface area (Å²) in [5.74, 6) is 0.557. The Morgan fingerprint density at radius 3 is 2.68 bits per heavy atom. The number of allylic oxidation sites excluding steroid dienone is 2. The zero-order valence-corrected chi connectivity index (χ0v) is 15.5. The van der Waals surface area contributed by atoms with E-state index in [-0.39, 0.29) is 0 Å². The summed E-state index contributed by atoms with van der Waals surface area (Å²) in [6.07, 6.45) is 13.0. The van der Waals surface area contributed by atoms with Gasteiger partial charge in [-0.05, 0) is 50.9 Å². The maximum Gasteiger partial charge on any atom is 0.141 e. The van der Waals surface area contributed by atoms with Crippen LogP contribution in [-0.2, 0) is 11.3 Å². The van der Waals surface area contributed by atoms with Crippen LogP contribution in [0.25, 0.3) is 0 Å². The molecule has 0 saturated heterocycles. The summed E-state index contributed by atoms with van der Waals surface area (Å²) in [4.78, 5) is 1.89. The van der Waals surface area contributed by atoms with Crippen molar-refractivity contribution in [3.05, 3.63) is 59.7 Å². The normalized spacial score (nSPS) is 29.7. The van der Waals surface area contributed by atoms with Crippen LogP contribution in [0, 0.1) is 5.92 Å². The lowest BCUT2D eigenvalue weighted by molar-refractivity contribution is -0.0430. The molecule has 25 heavy (non-hydrogen) atoms. The molecule has 0 heterocycles. The Bertz CT molecular complexity index is 608. The van der Waals surface area contributed by atoms with Crippen LogP contribution in [0.2, 0.25) is 0 Å². The number of benzene rings is 1. The molecule has 1 aromatic rings. The summed E-state index contributed by atoms with van der Waals surface area (Å²) in [5.41, 5.74) is 1.73. The van der Waals surface area contributed by atoms with E-state index in [1.54, 1.807) is 0 Å². The Hall–Kier alpha value is -1.42. The van der Waals surface area contributed by atoms with Gasteiger partial charge in [0.1, 0.15) is 5.72 Å². The molecule has 2 aliphatic rings. The van der Waals surface area contributed by atoms with Crippen LogP contribution in [0.3, 0.4) is 0 Å². The van der Waals surface area contributed by atoms with Gasteiger partial charge in [0, 0.05) is 6.42 Å². The first kappa shape index (κ1) is 18.4. The molecule has 3 atom stereocenters. The van der Waals surface area contributed by atoms with E-state index >= 15 is 0 Å². The molecule has 0 radical (unpaired) electrons. The lowest BCUT2D eigenvalue weighted by Crippen LogP contribution is -2.43. The van der Waals surface area contributed by atoms with Gasteiger partial charge < -0.3 is 9.84 Å². The minimum Gasteiger partial charge on any atom is -0.373 e. The van der Waals surface area contributed by atoms with Gasteiger partial charge in [-0.3, -0.25) is 4.90 Å². The number of likely N-dealkylation sites (N-methyl/N-ethyl adjacent to an activating group) is 1. The van der Waals surface area contributed by atoms with Crippen LogP contribution >= 0.6 is 0 Å². The van der Waals surface area contributed by atoms with Gasteiger partial charge >= 0.3 is 0 Å². The maximum atomic E-state index is 10.7. The Balaban J connectivity index is 1.60. The molecule has 1 saturated carbocycles. The van der Waals surface area contributed by atoms with Gasteiger partial charge in [0.2, 0.25) is 0 Å². The third kappa shape index (κ3) is 4.81. The minimum atomic E-state index is -0.848. The first-order valence-corrected chi connectivity index (χ1v) is 9.49. The molecule has 0 amide bonds. The van der Waals surface area contributed by atoms with Crippen molar-refractivity contribution in [1.29, 1.82) is 0 Å². The largest absolute Gasteiger partial charge is 0.373 e. The molecule has 0 spiro atoms. The highest BCUT2D eigenvalue weighted by atomic mass is 16.5. The van der Waals surface area contributed by atoms with Crippen molar-refractivity contribution in [2.24, 2.45) is 5.92 Å². The minimum absolute atomic E-state index is 0.327. The third-order valence-corrected chi connectivity index (χ3v) is 5.63. The third-order valence-electron chi connectivity index (χ3n) is 5.63. The van der Waals surface area contributed by atoms with Crippen LogP contribution in [0.1, 0.15) is 44.1 Å². The molecule has 0 aliphatic heterocycles. The summed E-state index contributed by atoms with van der Waals surface area (Å²) < 4.78 is 6.30. The van der Waals surface area contributed by atoms with Gasteiger partial charge in [-0.2, -0.15) is 0 Å². The average Bonchev–Trinajstić information content (AvgIpc) is 2.62. The van der Waals surface area contributed by atoms with Crippen LogP contribution < -0.4 is 0 Å². The quantitative estimate of drug-likeness (QED) is 0.784. The van der Waals surface area contributed by atoms with E-state index < -0.39 is 5.72 Å². The number of hydrogen-bond donors (Lipinski definition) is 1. The van der Waals surface area contributed by atoms with Gasteiger partial charge in [0.15, 0.2) is 0 Å². The van der Waals surface area contributed by atoms with Crippen LogP contribution in [0.4, 0.5) is 0 Å². The Labute approximate surface area is 152 Å². The van der Waals surface area contributed by atoms with Gasteiger partial charge in [0.25, 0.3) is 0 Å². The topological polar surface area (TPSA) is 32.7 Å². The molecule has 3 nitrogen and oxygen atoms in total. The summed E-state index contributed by atoms with van der Waals surface area (Å²) >= 11 is 0. The zero-order chi connectivity index (χ0) is 17.7. The maximum absolute atomic E-state index is 10.7. The molecule has 1 fully saturated rings. The smallest absolute Gasteiger partial charge is 0.141 e. The first-order chi connectivity index (χ1) is 12.1. The molecule has 0 bridgehead atoms. The fourth-order valence-corrected chi connectivity index (χ4v) is 3.98. The lowest BCUT2D eigenvalue weighted by atomic mass is 9.80. The van der Waals surface area contributed by atoms with Crippen molar-refractivity contribution >= 4 is 0 Å². The second kappa shape index (κ2) is 8.31. The van der Waals surface area contributed by atoms with E-state index in [4.69, 9.17) is 4.74 Å². The van der Waals surface area contributed by atoms with Crippen molar-refractivity contribution in [1.82, 2.24) is 4.90 Å². The van der Waals surface area contributed by atoms with E-state index in [9.17, 15) is 5.11 Å². The van der Waals surface area contributed by atoms with Crippen molar-refractivity contribution in [3.63, 3.8) is 0 Å². The monoisotopic (exact) mass is 341 g/mol. The number of rotatable bonds is 6. The summed E-state index contributed by atoms with van der Waals surface area (Å²) in [7, 11) is 3.86. The fourth-order valence-electron chi connectivity index (χ4n) is 3.98. The van der Waals surface area contributed by atoms with Crippen molar-refractivity contribution in [2.45, 2.75) is 57.0 Å². The van der Waals surface area contributed by atoms with Gasteiger partial charge in [-0.25, -0.2) is 0 Å². The molecule has 3 heteroatoms. The Kier molecular flexibility index (Phi) is 6.10. The number of aliphatic hydroxyl groups is 1. The highest BCUT2D eigenvalue weighted by Gasteiger charge is 2.32. The number of nitrogens with zero attached hydrogens (tertiary/aromatic N) is 1. The Morgan fingerprint density at radius 1 is 1.16 bits per heavy atom. The van der Waals surface area contributed by atoms with Crippen LogP contribution in [0.15, 0.2) is 54.1 Å². The van der Waals surface area contributed by atoms with E-state index in [1.165, 1.54) is 30.4 Å². The molecule has 136 valence electrons. The van der Waals surface area contributed by atoms with E-state index in [2.05, 4.69) is 30.3 Å². The molecule has 1 N–H and O–H groups in total. The van der Waals surface area contributed by atoms with Crippen molar-refractivity contribution < 1.29 is 9.84 Å². The molecular formula is C22H31NO2. The zero-order valence-electron chi connectivity index (χ0n) is 15.5. The predicted octanol–water partition coefficient (Wildman–Crippen LogP) is 4.29. The predicted molar refractivity (Wildman–Crippen MR) is 102 cm³/mol. The van der Waals surface area contributed by atoms with Gasteiger partial charge in [-0.1, -0.05) is 60.9 Å². The molecule has 1 aromatic carbocycles. The second-order valence-electron chi connectivity index (χ2n) is 7.72.